The Morgan fingerprint density at radius 1 is 1.18 bits per heavy atom. The highest BCUT2D eigenvalue weighted by Gasteiger charge is 2.05. The molecule has 1 aromatic rings. The SMILES string of the molecule is CCC([Si])SOCCOc1cc(OCCCOC)ccc1Br. The largest absolute Gasteiger partial charge is 0.493 e. The van der Waals surface area contributed by atoms with E-state index in [1.165, 1.54) is 12.0 Å². The predicted octanol–water partition coefficient (Wildman–Crippen LogP) is 3.81. The van der Waals surface area contributed by atoms with Gasteiger partial charge in [-0.3, -0.25) is 0 Å². The molecule has 0 saturated carbocycles. The number of benzene rings is 1. The normalized spacial score (nSPS) is 12.2. The number of rotatable bonds is 12. The van der Waals surface area contributed by atoms with Crippen LogP contribution in [0.2, 0.25) is 0 Å². The lowest BCUT2D eigenvalue weighted by atomic mass is 10.3. The summed E-state index contributed by atoms with van der Waals surface area (Å²) in [6, 6.07) is 5.71. The van der Waals surface area contributed by atoms with Gasteiger partial charge in [0, 0.05) is 41.3 Å². The second kappa shape index (κ2) is 12.2. The molecule has 1 unspecified atom stereocenters. The Labute approximate surface area is 149 Å². The van der Waals surface area contributed by atoms with Crippen molar-refractivity contribution >= 4 is 38.2 Å². The summed E-state index contributed by atoms with van der Waals surface area (Å²) in [5, 5.41) is 0. The van der Waals surface area contributed by atoms with Gasteiger partial charge in [-0.25, -0.2) is 0 Å². The lowest BCUT2D eigenvalue weighted by Gasteiger charge is -2.12. The molecule has 0 aliphatic carbocycles. The molecule has 0 saturated heterocycles. The highest BCUT2D eigenvalue weighted by molar-refractivity contribution is 9.10. The molecule has 3 radical (unpaired) electrons. The van der Waals surface area contributed by atoms with Gasteiger partial charge in [-0.2, -0.15) is 0 Å². The van der Waals surface area contributed by atoms with E-state index in [-0.39, 0.29) is 0 Å². The fraction of sp³-hybridized carbons (Fsp3) is 0.600. The lowest BCUT2D eigenvalue weighted by Crippen LogP contribution is -2.07. The second-order valence-corrected chi connectivity index (χ2v) is 7.42. The van der Waals surface area contributed by atoms with Gasteiger partial charge in [0.25, 0.3) is 0 Å². The van der Waals surface area contributed by atoms with Gasteiger partial charge < -0.3 is 18.4 Å². The summed E-state index contributed by atoms with van der Waals surface area (Å²) in [5.41, 5.74) is 0. The van der Waals surface area contributed by atoms with E-state index in [9.17, 15) is 0 Å². The van der Waals surface area contributed by atoms with Crippen LogP contribution in [0.5, 0.6) is 11.5 Å². The van der Waals surface area contributed by atoms with Crippen molar-refractivity contribution in [2.45, 2.75) is 24.6 Å². The van der Waals surface area contributed by atoms with Crippen LogP contribution in [0.15, 0.2) is 22.7 Å². The van der Waals surface area contributed by atoms with E-state index < -0.39 is 0 Å². The molecular formula is C15H22BrO4SSi. The van der Waals surface area contributed by atoms with Crippen molar-refractivity contribution in [1.82, 2.24) is 0 Å². The van der Waals surface area contributed by atoms with Crippen LogP contribution in [0.1, 0.15) is 19.8 Å². The molecule has 0 amide bonds. The summed E-state index contributed by atoms with van der Waals surface area (Å²) in [6.07, 6.45) is 1.87. The fourth-order valence-electron chi connectivity index (χ4n) is 1.46. The Morgan fingerprint density at radius 3 is 2.73 bits per heavy atom. The standard InChI is InChI=1S/C15H22BrO4SSi/c1-3-15(22)21-20-10-9-19-14-11-12(5-6-13(14)16)18-8-4-7-17-2/h5-6,11,15H,3-4,7-10H2,1-2H3. The lowest BCUT2D eigenvalue weighted by molar-refractivity contribution is 0.172. The van der Waals surface area contributed by atoms with Crippen LogP contribution >= 0.6 is 28.0 Å². The zero-order chi connectivity index (χ0) is 16.2. The van der Waals surface area contributed by atoms with Gasteiger partial charge in [-0.05, 0) is 46.5 Å². The monoisotopic (exact) mass is 405 g/mol. The summed E-state index contributed by atoms with van der Waals surface area (Å²) >= 11 is 4.89. The van der Waals surface area contributed by atoms with E-state index in [2.05, 4.69) is 33.1 Å². The first-order valence-electron chi connectivity index (χ1n) is 7.20. The first-order chi connectivity index (χ1) is 10.7. The van der Waals surface area contributed by atoms with Crippen LogP contribution in [0.3, 0.4) is 0 Å². The van der Waals surface area contributed by atoms with Crippen molar-refractivity contribution < 1.29 is 18.4 Å². The first-order valence-corrected chi connectivity index (χ1v) is 9.38. The van der Waals surface area contributed by atoms with Gasteiger partial charge in [0.2, 0.25) is 0 Å². The topological polar surface area (TPSA) is 36.9 Å². The molecule has 0 bridgehead atoms. The Bertz CT molecular complexity index is 423. The quantitative estimate of drug-likeness (QED) is 0.300. The van der Waals surface area contributed by atoms with Gasteiger partial charge in [0.15, 0.2) is 0 Å². The summed E-state index contributed by atoms with van der Waals surface area (Å²) in [4.78, 5) is 0.315. The number of ether oxygens (including phenoxy) is 3. The van der Waals surface area contributed by atoms with Crippen LogP contribution in [-0.2, 0) is 8.92 Å². The Balaban J connectivity index is 2.32. The van der Waals surface area contributed by atoms with Crippen LogP contribution in [0.4, 0.5) is 0 Å². The minimum Gasteiger partial charge on any atom is -0.493 e. The Hall–Kier alpha value is -0.213. The molecule has 1 atom stereocenters. The van der Waals surface area contributed by atoms with E-state index in [0.717, 1.165) is 28.8 Å². The minimum atomic E-state index is 0.315. The highest BCUT2D eigenvalue weighted by Crippen LogP contribution is 2.29. The van der Waals surface area contributed by atoms with Crippen molar-refractivity contribution in [3.05, 3.63) is 22.7 Å². The van der Waals surface area contributed by atoms with Crippen LogP contribution in [0, 0.1) is 0 Å². The van der Waals surface area contributed by atoms with E-state index in [0.29, 0.717) is 31.3 Å². The molecule has 0 heterocycles. The fourth-order valence-corrected chi connectivity index (χ4v) is 2.49. The highest BCUT2D eigenvalue weighted by atomic mass is 79.9. The number of halogens is 1. The third-order valence-corrected chi connectivity index (χ3v) is 4.86. The van der Waals surface area contributed by atoms with Crippen molar-refractivity contribution in [2.24, 2.45) is 0 Å². The molecule has 1 rings (SSSR count). The van der Waals surface area contributed by atoms with Crippen molar-refractivity contribution in [3.8, 4) is 11.5 Å². The molecule has 123 valence electrons. The van der Waals surface area contributed by atoms with Crippen LogP contribution in [0.25, 0.3) is 0 Å². The molecule has 4 nitrogen and oxygen atoms in total. The van der Waals surface area contributed by atoms with Gasteiger partial charge in [0.05, 0.1) is 17.7 Å². The maximum absolute atomic E-state index is 5.71. The minimum absolute atomic E-state index is 0.315. The molecule has 0 N–H and O–H groups in total. The summed E-state index contributed by atoms with van der Waals surface area (Å²) in [6.45, 7) is 4.43. The average molecular weight is 406 g/mol. The maximum atomic E-state index is 5.71. The van der Waals surface area contributed by atoms with Crippen molar-refractivity contribution in [1.29, 1.82) is 0 Å². The number of hydrogen-bond acceptors (Lipinski definition) is 5. The van der Waals surface area contributed by atoms with E-state index in [4.69, 9.17) is 18.4 Å². The zero-order valence-electron chi connectivity index (χ0n) is 13.0. The van der Waals surface area contributed by atoms with Crippen molar-refractivity contribution in [3.63, 3.8) is 0 Å². The van der Waals surface area contributed by atoms with Gasteiger partial charge >= 0.3 is 0 Å². The molecule has 0 fully saturated rings. The van der Waals surface area contributed by atoms with E-state index in [1.807, 2.05) is 18.2 Å². The van der Waals surface area contributed by atoms with E-state index >= 15 is 0 Å². The number of methoxy groups -OCH3 is 1. The Kier molecular flexibility index (Phi) is 11.0. The maximum Gasteiger partial charge on any atom is 0.137 e. The van der Waals surface area contributed by atoms with E-state index in [1.54, 1.807) is 7.11 Å². The van der Waals surface area contributed by atoms with Gasteiger partial charge in [-0.15, -0.1) is 0 Å². The van der Waals surface area contributed by atoms with Gasteiger partial charge in [-0.1, -0.05) is 6.92 Å². The first kappa shape index (κ1) is 19.8. The molecule has 0 aromatic heterocycles. The Morgan fingerprint density at radius 2 is 2.00 bits per heavy atom. The second-order valence-electron chi connectivity index (χ2n) is 4.45. The van der Waals surface area contributed by atoms with Gasteiger partial charge in [0.1, 0.15) is 18.1 Å². The zero-order valence-corrected chi connectivity index (χ0v) is 16.4. The summed E-state index contributed by atoms with van der Waals surface area (Å²) in [7, 11) is 5.23. The summed E-state index contributed by atoms with van der Waals surface area (Å²) in [5.74, 6) is 1.54. The molecule has 22 heavy (non-hydrogen) atoms. The molecule has 1 aromatic carbocycles. The molecule has 7 heteroatoms. The smallest absolute Gasteiger partial charge is 0.137 e. The third kappa shape index (κ3) is 8.43. The molecular weight excluding hydrogens is 384 g/mol. The van der Waals surface area contributed by atoms with Crippen LogP contribution in [-0.4, -0.2) is 48.7 Å². The molecule has 0 spiro atoms. The summed E-state index contributed by atoms with van der Waals surface area (Å²) < 4.78 is 22.7. The van der Waals surface area contributed by atoms with Crippen molar-refractivity contribution in [2.75, 3.05) is 33.5 Å². The molecule has 0 aliphatic heterocycles. The van der Waals surface area contributed by atoms with Crippen LogP contribution < -0.4 is 9.47 Å². The predicted molar refractivity (Wildman–Crippen MR) is 95.0 cm³/mol. The third-order valence-electron chi connectivity index (χ3n) is 2.64. The number of hydrogen-bond donors (Lipinski definition) is 0. The molecule has 0 aliphatic rings. The average Bonchev–Trinajstić information content (AvgIpc) is 2.53.